The first-order valence-electron chi connectivity index (χ1n) is 8.59. The first kappa shape index (κ1) is 19.5. The Bertz CT molecular complexity index is 534. The minimum Gasteiger partial charge on any atom is -0.469 e. The molecule has 2 aliphatic rings. The van der Waals surface area contributed by atoms with Crippen molar-refractivity contribution in [2.24, 2.45) is 5.92 Å². The van der Waals surface area contributed by atoms with E-state index in [9.17, 15) is 19.5 Å². The van der Waals surface area contributed by atoms with E-state index in [2.05, 4.69) is 4.74 Å². The summed E-state index contributed by atoms with van der Waals surface area (Å²) < 4.78 is 10.0. The molecule has 0 saturated carbocycles. The molecular formula is C17H28N2O6. The van der Waals surface area contributed by atoms with Crippen molar-refractivity contribution < 1.29 is 29.0 Å². The fourth-order valence-electron chi connectivity index (χ4n) is 3.19. The average Bonchev–Trinajstić information content (AvgIpc) is 2.86. The van der Waals surface area contributed by atoms with Crippen molar-refractivity contribution in [3.05, 3.63) is 0 Å². The average molecular weight is 356 g/mol. The third kappa shape index (κ3) is 5.07. The van der Waals surface area contributed by atoms with Crippen LogP contribution in [0.2, 0.25) is 0 Å². The molecule has 2 fully saturated rings. The van der Waals surface area contributed by atoms with Crippen LogP contribution in [-0.4, -0.2) is 77.4 Å². The number of ether oxygens (including phenoxy) is 2. The first-order chi connectivity index (χ1) is 11.5. The van der Waals surface area contributed by atoms with Crippen molar-refractivity contribution in [2.75, 3.05) is 33.3 Å². The van der Waals surface area contributed by atoms with Crippen molar-refractivity contribution in [2.45, 2.75) is 51.2 Å². The van der Waals surface area contributed by atoms with Crippen molar-refractivity contribution in [3.8, 4) is 0 Å². The van der Waals surface area contributed by atoms with Gasteiger partial charge >= 0.3 is 12.1 Å². The molecule has 25 heavy (non-hydrogen) atoms. The lowest BCUT2D eigenvalue weighted by molar-refractivity contribution is -0.145. The molecule has 0 aromatic carbocycles. The summed E-state index contributed by atoms with van der Waals surface area (Å²) in [4.78, 5) is 38.8. The van der Waals surface area contributed by atoms with Gasteiger partial charge in [0.2, 0.25) is 5.91 Å². The van der Waals surface area contributed by atoms with E-state index in [1.807, 2.05) is 20.8 Å². The molecule has 142 valence electrons. The Morgan fingerprint density at radius 3 is 2.40 bits per heavy atom. The maximum Gasteiger partial charge on any atom is 0.410 e. The maximum atomic E-state index is 12.1. The van der Waals surface area contributed by atoms with Crippen LogP contribution in [0, 0.1) is 5.92 Å². The van der Waals surface area contributed by atoms with E-state index in [1.54, 1.807) is 4.90 Å². The summed E-state index contributed by atoms with van der Waals surface area (Å²) in [5.41, 5.74) is -1.62. The smallest absolute Gasteiger partial charge is 0.410 e. The van der Waals surface area contributed by atoms with Crippen LogP contribution < -0.4 is 0 Å². The van der Waals surface area contributed by atoms with Crippen molar-refractivity contribution >= 4 is 18.0 Å². The second kappa shape index (κ2) is 7.19. The topological polar surface area (TPSA) is 96.4 Å². The Morgan fingerprint density at radius 2 is 1.88 bits per heavy atom. The van der Waals surface area contributed by atoms with E-state index in [0.29, 0.717) is 25.9 Å². The van der Waals surface area contributed by atoms with Crippen LogP contribution in [0.1, 0.15) is 40.0 Å². The van der Waals surface area contributed by atoms with Gasteiger partial charge < -0.3 is 24.4 Å². The highest BCUT2D eigenvalue weighted by molar-refractivity contribution is 5.86. The Kier molecular flexibility index (Phi) is 5.61. The number of methoxy groups -OCH3 is 1. The van der Waals surface area contributed by atoms with Crippen molar-refractivity contribution in [1.82, 2.24) is 9.80 Å². The van der Waals surface area contributed by atoms with Gasteiger partial charge in [-0.05, 0) is 33.6 Å². The van der Waals surface area contributed by atoms with E-state index in [-0.39, 0.29) is 25.4 Å². The molecule has 0 aromatic heterocycles. The highest BCUT2D eigenvalue weighted by atomic mass is 16.6. The van der Waals surface area contributed by atoms with Gasteiger partial charge in [-0.3, -0.25) is 9.59 Å². The summed E-state index contributed by atoms with van der Waals surface area (Å²) in [7, 11) is 1.30. The third-order valence-electron chi connectivity index (χ3n) is 4.58. The Labute approximate surface area is 148 Å². The molecule has 1 unspecified atom stereocenters. The van der Waals surface area contributed by atoms with Gasteiger partial charge in [0.15, 0.2) is 0 Å². The lowest BCUT2D eigenvalue weighted by Gasteiger charge is -2.40. The highest BCUT2D eigenvalue weighted by Gasteiger charge is 2.42. The first-order valence-corrected chi connectivity index (χ1v) is 8.59. The molecule has 2 saturated heterocycles. The van der Waals surface area contributed by atoms with Crippen LogP contribution in [0.4, 0.5) is 4.79 Å². The zero-order valence-electron chi connectivity index (χ0n) is 15.4. The number of hydrogen-bond acceptors (Lipinski definition) is 6. The lowest BCUT2D eigenvalue weighted by Crippen LogP contribution is -2.53. The van der Waals surface area contributed by atoms with Gasteiger partial charge in [0.05, 0.1) is 18.6 Å². The van der Waals surface area contributed by atoms with Gasteiger partial charge in [0.1, 0.15) is 5.60 Å². The second-order valence-corrected chi connectivity index (χ2v) is 7.89. The summed E-state index contributed by atoms with van der Waals surface area (Å²) in [6.07, 6.45) is 0.447. The molecule has 8 heteroatoms. The fourth-order valence-corrected chi connectivity index (χ4v) is 3.19. The van der Waals surface area contributed by atoms with Gasteiger partial charge in [0, 0.05) is 32.6 Å². The second-order valence-electron chi connectivity index (χ2n) is 7.89. The molecule has 0 aliphatic carbocycles. The van der Waals surface area contributed by atoms with Crippen molar-refractivity contribution in [3.63, 3.8) is 0 Å². The molecule has 8 nitrogen and oxygen atoms in total. The fraction of sp³-hybridized carbons (Fsp3) is 0.824. The SMILES string of the molecule is COC(=O)C1CC(=O)N(CC2(O)CCN(C(=O)OC(C)(C)C)CC2)C1. The van der Waals surface area contributed by atoms with Crippen molar-refractivity contribution in [1.29, 1.82) is 0 Å². The predicted octanol–water partition coefficient (Wildman–Crippen LogP) is 0.770. The Hall–Kier alpha value is -1.83. The molecule has 2 heterocycles. The van der Waals surface area contributed by atoms with Gasteiger partial charge in [-0.2, -0.15) is 0 Å². The quantitative estimate of drug-likeness (QED) is 0.751. The molecule has 2 amide bonds. The molecule has 0 aromatic rings. The molecule has 2 rings (SSSR count). The minimum absolute atomic E-state index is 0.118. The molecule has 0 spiro atoms. The standard InChI is InChI=1S/C17H28N2O6/c1-16(2,3)25-15(22)18-7-5-17(23,6-8-18)11-19-10-12(9-13(19)20)14(21)24-4/h12,23H,5-11H2,1-4H3. The monoisotopic (exact) mass is 356 g/mol. The zero-order valence-corrected chi connectivity index (χ0v) is 15.4. The van der Waals surface area contributed by atoms with Crippen LogP contribution >= 0.6 is 0 Å². The lowest BCUT2D eigenvalue weighted by atomic mass is 9.91. The molecule has 0 bridgehead atoms. The van der Waals surface area contributed by atoms with Gasteiger partial charge in [-0.1, -0.05) is 0 Å². The largest absolute Gasteiger partial charge is 0.469 e. The Morgan fingerprint density at radius 1 is 1.28 bits per heavy atom. The number of carbonyl (C=O) groups is 3. The predicted molar refractivity (Wildman–Crippen MR) is 88.7 cm³/mol. The van der Waals surface area contributed by atoms with Gasteiger partial charge in [-0.25, -0.2) is 4.79 Å². The normalized spacial score (nSPS) is 23.6. The minimum atomic E-state index is -1.06. The van der Waals surface area contributed by atoms with Gasteiger partial charge in [0.25, 0.3) is 0 Å². The molecular weight excluding hydrogens is 328 g/mol. The number of rotatable bonds is 3. The number of aliphatic hydroxyl groups is 1. The summed E-state index contributed by atoms with van der Waals surface area (Å²) in [6.45, 7) is 6.60. The number of esters is 1. The number of carbonyl (C=O) groups excluding carboxylic acids is 3. The molecule has 0 radical (unpaired) electrons. The number of hydrogen-bond donors (Lipinski definition) is 1. The van der Waals surface area contributed by atoms with E-state index in [4.69, 9.17) is 4.74 Å². The number of piperidine rings is 1. The number of nitrogens with zero attached hydrogens (tertiary/aromatic N) is 2. The van der Waals surface area contributed by atoms with E-state index in [1.165, 1.54) is 12.0 Å². The number of β-amino-alcohol motifs (C(OH)–C–C–N with tert-alkyl or cyclic N) is 1. The number of likely N-dealkylation sites (tertiary alicyclic amines) is 2. The van der Waals surface area contributed by atoms with E-state index in [0.717, 1.165) is 0 Å². The molecule has 2 aliphatic heterocycles. The molecule has 1 N–H and O–H groups in total. The summed E-state index contributed by atoms with van der Waals surface area (Å²) in [6, 6.07) is 0. The highest BCUT2D eigenvalue weighted by Crippen LogP contribution is 2.28. The van der Waals surface area contributed by atoms with Gasteiger partial charge in [-0.15, -0.1) is 0 Å². The van der Waals surface area contributed by atoms with Crippen LogP contribution in [0.15, 0.2) is 0 Å². The number of amides is 2. The Balaban J connectivity index is 1.87. The van der Waals surface area contributed by atoms with E-state index >= 15 is 0 Å². The summed E-state index contributed by atoms with van der Waals surface area (Å²) in [5, 5.41) is 10.8. The summed E-state index contributed by atoms with van der Waals surface area (Å²) >= 11 is 0. The molecule has 1 atom stereocenters. The zero-order chi connectivity index (χ0) is 18.8. The third-order valence-corrected chi connectivity index (χ3v) is 4.58. The maximum absolute atomic E-state index is 12.1. The van der Waals surface area contributed by atoms with Crippen LogP contribution in [0.25, 0.3) is 0 Å². The van der Waals surface area contributed by atoms with Crippen LogP contribution in [0.3, 0.4) is 0 Å². The van der Waals surface area contributed by atoms with Crippen LogP contribution in [-0.2, 0) is 19.1 Å². The summed E-state index contributed by atoms with van der Waals surface area (Å²) in [5.74, 6) is -1.02. The van der Waals surface area contributed by atoms with Crippen LogP contribution in [0.5, 0.6) is 0 Å². The van der Waals surface area contributed by atoms with E-state index < -0.39 is 29.2 Å².